The van der Waals surface area contributed by atoms with Gasteiger partial charge in [0.15, 0.2) is 0 Å². The molecule has 1 aromatic carbocycles. The van der Waals surface area contributed by atoms with Gasteiger partial charge in [0.05, 0.1) is 16.8 Å². The molecule has 3 aliphatic carbocycles. The number of rotatable bonds is 3. The highest BCUT2D eigenvalue weighted by atomic mass is 16.5. The second kappa shape index (κ2) is 6.90. The van der Waals surface area contributed by atoms with Crippen molar-refractivity contribution in [1.82, 2.24) is 10.3 Å². The third-order valence-electron chi connectivity index (χ3n) is 10.1. The lowest BCUT2D eigenvalue weighted by Gasteiger charge is -2.55. The Balaban J connectivity index is 1.31. The summed E-state index contributed by atoms with van der Waals surface area (Å²) in [6.45, 7) is 3.31. The van der Waals surface area contributed by atoms with Crippen molar-refractivity contribution >= 4 is 10.8 Å². The summed E-state index contributed by atoms with van der Waals surface area (Å²) < 4.78 is 7.30. The summed E-state index contributed by atoms with van der Waals surface area (Å²) in [6.07, 6.45) is 19.1. The van der Waals surface area contributed by atoms with Crippen molar-refractivity contribution in [1.29, 1.82) is 0 Å². The number of fused-ring (bicyclic) bond motifs is 2. The number of aromatic nitrogens is 1. The number of hydrogen-bond donors (Lipinski definition) is 2. The van der Waals surface area contributed by atoms with Gasteiger partial charge in [0.2, 0.25) is 0 Å². The summed E-state index contributed by atoms with van der Waals surface area (Å²) in [5.41, 5.74) is 2.18. The van der Waals surface area contributed by atoms with Crippen molar-refractivity contribution in [3.8, 4) is 0 Å². The van der Waals surface area contributed by atoms with E-state index in [2.05, 4.69) is 59.7 Å². The molecule has 4 nitrogen and oxygen atoms in total. The first-order chi connectivity index (χ1) is 16.4. The Morgan fingerprint density at radius 3 is 2.94 bits per heavy atom. The minimum Gasteiger partial charge on any atom is -0.385 e. The van der Waals surface area contributed by atoms with Gasteiger partial charge in [-0.3, -0.25) is 4.98 Å². The van der Waals surface area contributed by atoms with Crippen molar-refractivity contribution in [3.63, 3.8) is 0 Å². The average Bonchev–Trinajstić information content (AvgIpc) is 3.31. The first-order valence-electron chi connectivity index (χ1n) is 13.0. The first-order valence-corrected chi connectivity index (χ1v) is 13.0. The Labute approximate surface area is 201 Å². The van der Waals surface area contributed by atoms with Gasteiger partial charge in [-0.15, -0.1) is 0 Å². The second-order valence-corrected chi connectivity index (χ2v) is 11.6. The lowest BCUT2D eigenvalue weighted by atomic mass is 9.56. The van der Waals surface area contributed by atoms with Gasteiger partial charge < -0.3 is 15.2 Å². The van der Waals surface area contributed by atoms with E-state index in [0.717, 1.165) is 56.0 Å². The molecule has 1 aromatic heterocycles. The Kier molecular flexibility index (Phi) is 4.27. The van der Waals surface area contributed by atoms with E-state index in [1.165, 1.54) is 16.5 Å². The van der Waals surface area contributed by atoms with Gasteiger partial charge >= 0.3 is 0 Å². The molecule has 3 heterocycles. The van der Waals surface area contributed by atoms with Crippen LogP contribution in [0.3, 0.4) is 0 Å². The first kappa shape index (κ1) is 21.0. The van der Waals surface area contributed by atoms with Gasteiger partial charge in [0.1, 0.15) is 0 Å². The maximum absolute atomic E-state index is 12.4. The standard InChI is InChI=1S/C30H34N2O2/c1-27-10-7-24-16-23-5-3-20(18-31-2)17-28(23)12-13-29(24,34-28)26(27)8-11-30(27,33)25-6-4-21-9-14-32-19-22(21)15-25/h3-7,9,14-16,19-20,26,31,33H,8,10-13,17-18H2,1-2H3/t20-,26-,27+,28-,29-,30-/m1/s1. The zero-order valence-electron chi connectivity index (χ0n) is 20.2. The van der Waals surface area contributed by atoms with Gasteiger partial charge in [0, 0.05) is 35.7 Å². The van der Waals surface area contributed by atoms with Gasteiger partial charge in [-0.05, 0) is 85.7 Å². The summed E-state index contributed by atoms with van der Waals surface area (Å²) in [4.78, 5) is 4.32. The predicted octanol–water partition coefficient (Wildman–Crippen LogP) is 5.19. The molecule has 176 valence electrons. The fourth-order valence-electron chi connectivity index (χ4n) is 8.38. The molecular formula is C30H34N2O2. The van der Waals surface area contributed by atoms with Crippen molar-refractivity contribution in [2.24, 2.45) is 17.3 Å². The maximum Gasteiger partial charge on any atom is 0.0976 e. The third-order valence-corrected chi connectivity index (χ3v) is 10.1. The zero-order valence-corrected chi connectivity index (χ0v) is 20.2. The van der Waals surface area contributed by atoms with E-state index >= 15 is 0 Å². The SMILES string of the molecule is CNC[C@@H]1C=CC2=CC3=CC[C@@]4(C)[C@@H](CC[C@@]4(O)c4ccc5ccncc5c4)[C@@]34CC[C@]2(C1)O4. The Bertz CT molecular complexity index is 1280. The topological polar surface area (TPSA) is 54.4 Å². The number of ether oxygens (including phenoxy) is 1. The van der Waals surface area contributed by atoms with E-state index in [9.17, 15) is 5.11 Å². The van der Waals surface area contributed by atoms with Crippen LogP contribution in [0.25, 0.3) is 10.8 Å². The van der Waals surface area contributed by atoms with Gasteiger partial charge in [-0.25, -0.2) is 0 Å². The third kappa shape index (κ3) is 2.52. The van der Waals surface area contributed by atoms with Crippen molar-refractivity contribution < 1.29 is 9.84 Å². The average molecular weight is 455 g/mol. The molecule has 0 radical (unpaired) electrons. The van der Waals surface area contributed by atoms with Gasteiger partial charge in [0.25, 0.3) is 0 Å². The number of hydrogen-bond acceptors (Lipinski definition) is 4. The Morgan fingerprint density at radius 1 is 1.15 bits per heavy atom. The normalized spacial score (nSPS) is 42.1. The van der Waals surface area contributed by atoms with Crippen molar-refractivity contribution in [2.75, 3.05) is 13.6 Å². The van der Waals surface area contributed by atoms with Crippen molar-refractivity contribution in [2.45, 2.75) is 62.3 Å². The monoisotopic (exact) mass is 454 g/mol. The Morgan fingerprint density at radius 2 is 2.06 bits per heavy atom. The van der Waals surface area contributed by atoms with Crippen LogP contribution in [0.1, 0.15) is 51.0 Å². The smallest absolute Gasteiger partial charge is 0.0976 e. The molecule has 7 rings (SSSR count). The fourth-order valence-corrected chi connectivity index (χ4v) is 8.38. The van der Waals surface area contributed by atoms with Crippen LogP contribution in [-0.2, 0) is 10.3 Å². The van der Waals surface area contributed by atoms with E-state index in [1.54, 1.807) is 0 Å². The molecule has 2 aliphatic heterocycles. The molecule has 2 fully saturated rings. The molecule has 2 bridgehead atoms. The molecule has 34 heavy (non-hydrogen) atoms. The van der Waals surface area contributed by atoms with Crippen molar-refractivity contribution in [3.05, 3.63) is 77.7 Å². The highest BCUT2D eigenvalue weighted by Crippen LogP contribution is 2.70. The molecule has 6 atom stereocenters. The lowest BCUT2D eigenvalue weighted by Crippen LogP contribution is -2.56. The molecule has 2 aromatic rings. The van der Waals surface area contributed by atoms with E-state index in [4.69, 9.17) is 4.74 Å². The van der Waals surface area contributed by atoms with Crippen LogP contribution in [0.2, 0.25) is 0 Å². The fraction of sp³-hybridized carbons (Fsp3) is 0.500. The summed E-state index contributed by atoms with van der Waals surface area (Å²) in [6, 6.07) is 8.47. The van der Waals surface area contributed by atoms with Crippen LogP contribution < -0.4 is 5.32 Å². The number of allylic oxidation sites excluding steroid dienone is 1. The molecular weight excluding hydrogens is 420 g/mol. The molecule has 5 aliphatic rings. The minimum atomic E-state index is -0.872. The van der Waals surface area contributed by atoms with E-state index in [0.29, 0.717) is 11.8 Å². The van der Waals surface area contributed by atoms with Crippen LogP contribution in [-0.4, -0.2) is 34.9 Å². The number of benzene rings is 1. The van der Waals surface area contributed by atoms with Gasteiger partial charge in [-0.1, -0.05) is 43.4 Å². The molecule has 0 amide bonds. The molecule has 2 spiro atoms. The molecule has 1 saturated carbocycles. The largest absolute Gasteiger partial charge is 0.385 e. The summed E-state index contributed by atoms with van der Waals surface area (Å²) >= 11 is 0. The second-order valence-electron chi connectivity index (χ2n) is 11.6. The van der Waals surface area contributed by atoms with Crippen LogP contribution in [0.5, 0.6) is 0 Å². The number of nitrogens with zero attached hydrogens (tertiary/aromatic N) is 1. The molecule has 2 N–H and O–H groups in total. The number of aliphatic hydroxyl groups is 1. The Hall–Kier alpha value is -2.27. The van der Waals surface area contributed by atoms with Crippen LogP contribution >= 0.6 is 0 Å². The van der Waals surface area contributed by atoms with Crippen LogP contribution in [0, 0.1) is 17.3 Å². The molecule has 0 unspecified atom stereocenters. The lowest BCUT2D eigenvalue weighted by molar-refractivity contribution is -0.161. The van der Waals surface area contributed by atoms with E-state index in [-0.39, 0.29) is 16.6 Å². The number of pyridine rings is 1. The molecule has 1 saturated heterocycles. The highest BCUT2D eigenvalue weighted by Gasteiger charge is 2.69. The molecule has 4 heteroatoms. The zero-order chi connectivity index (χ0) is 23.2. The maximum atomic E-state index is 12.4. The van der Waals surface area contributed by atoms with Gasteiger partial charge in [-0.2, -0.15) is 0 Å². The van der Waals surface area contributed by atoms with Crippen LogP contribution in [0.15, 0.2) is 72.1 Å². The summed E-state index contributed by atoms with van der Waals surface area (Å²) in [7, 11) is 2.03. The quantitative estimate of drug-likeness (QED) is 0.670. The van der Waals surface area contributed by atoms with Crippen LogP contribution in [0.4, 0.5) is 0 Å². The minimum absolute atomic E-state index is 0.165. The number of nitrogens with one attached hydrogen (secondary N) is 1. The summed E-state index contributed by atoms with van der Waals surface area (Å²) in [5.74, 6) is 0.810. The van der Waals surface area contributed by atoms with E-state index < -0.39 is 5.60 Å². The highest BCUT2D eigenvalue weighted by molar-refractivity contribution is 5.82. The van der Waals surface area contributed by atoms with E-state index in [1.807, 2.05) is 25.5 Å². The summed E-state index contributed by atoms with van der Waals surface area (Å²) in [5, 5.41) is 18.0. The predicted molar refractivity (Wildman–Crippen MR) is 134 cm³/mol.